The van der Waals surface area contributed by atoms with Crippen LogP contribution in [0, 0.1) is 13.8 Å². The topological polar surface area (TPSA) is 52.9 Å². The van der Waals surface area contributed by atoms with Gasteiger partial charge in [0.1, 0.15) is 0 Å². The number of anilines is 1. The van der Waals surface area contributed by atoms with Crippen molar-refractivity contribution >= 4 is 41.0 Å². The minimum absolute atomic E-state index is 0.246. The van der Waals surface area contributed by atoms with E-state index < -0.39 is 0 Å². The van der Waals surface area contributed by atoms with E-state index >= 15 is 0 Å². The third-order valence-electron chi connectivity index (χ3n) is 7.06. The van der Waals surface area contributed by atoms with E-state index in [0.717, 1.165) is 55.4 Å². The molecule has 0 spiro atoms. The highest BCUT2D eigenvalue weighted by atomic mass is 35.5. The molecule has 1 aromatic heterocycles. The fourth-order valence-corrected chi connectivity index (χ4v) is 5.55. The maximum absolute atomic E-state index is 12.7. The van der Waals surface area contributed by atoms with Crippen LogP contribution in [-0.4, -0.2) is 47.8 Å². The zero-order chi connectivity index (χ0) is 27.4. The fourth-order valence-electron chi connectivity index (χ4n) is 5.03. The van der Waals surface area contributed by atoms with Crippen LogP contribution < -0.4 is 10.3 Å². The third-order valence-corrected chi connectivity index (χ3v) is 7.50. The number of aromatic nitrogens is 1. The zero-order valence-electron chi connectivity index (χ0n) is 22.1. The van der Waals surface area contributed by atoms with E-state index in [0.29, 0.717) is 15.6 Å². The number of halogens is 2. The van der Waals surface area contributed by atoms with Gasteiger partial charge in [0.05, 0.1) is 6.21 Å². The summed E-state index contributed by atoms with van der Waals surface area (Å²) in [5, 5.41) is 5.35. The normalized spacial score (nSPS) is 14.2. The van der Waals surface area contributed by atoms with Crippen molar-refractivity contribution in [2.24, 2.45) is 5.10 Å². The minimum atomic E-state index is -0.246. The number of hydrazone groups is 1. The number of piperazine rings is 1. The van der Waals surface area contributed by atoms with Crippen LogP contribution in [0.2, 0.25) is 10.0 Å². The second-order valence-electron chi connectivity index (χ2n) is 9.78. The lowest BCUT2D eigenvalue weighted by Crippen LogP contribution is -2.45. The second-order valence-corrected chi connectivity index (χ2v) is 10.7. The van der Waals surface area contributed by atoms with Crippen LogP contribution in [0.3, 0.4) is 0 Å². The number of nitrogens with one attached hydrogen (secondary N) is 1. The highest BCUT2D eigenvalue weighted by Gasteiger charge is 2.17. The van der Waals surface area contributed by atoms with Crippen molar-refractivity contribution in [3.05, 3.63) is 117 Å². The van der Waals surface area contributed by atoms with Crippen LogP contribution in [0.4, 0.5) is 5.69 Å². The molecule has 8 heteroatoms. The average molecular weight is 561 g/mol. The number of benzene rings is 3. The molecule has 0 bridgehead atoms. The monoisotopic (exact) mass is 559 g/mol. The van der Waals surface area contributed by atoms with Crippen molar-refractivity contribution in [3.63, 3.8) is 0 Å². The molecular weight excluding hydrogens is 529 g/mol. The first-order chi connectivity index (χ1) is 18.9. The first-order valence-electron chi connectivity index (χ1n) is 13.0. The number of amides is 1. The standard InChI is InChI=1S/C31H31Cl2N5O/c1-22-16-26(23(2)38(22)30-18-27(32)17-28(33)19-30)20-34-35-31(39)25-10-8-24(9-11-25)21-36-12-14-37(15-13-36)29-6-4-3-5-7-29/h3-11,16-20H,12-15,21H2,1-2H3,(H,35,39)/b34-20-. The summed E-state index contributed by atoms with van der Waals surface area (Å²) >= 11 is 12.4. The van der Waals surface area contributed by atoms with Crippen molar-refractivity contribution in [3.8, 4) is 5.69 Å². The summed E-state index contributed by atoms with van der Waals surface area (Å²) < 4.78 is 2.06. The van der Waals surface area contributed by atoms with Gasteiger partial charge in [-0.05, 0) is 67.9 Å². The lowest BCUT2D eigenvalue weighted by Gasteiger charge is -2.36. The van der Waals surface area contributed by atoms with Gasteiger partial charge in [-0.1, -0.05) is 53.5 Å². The van der Waals surface area contributed by atoms with Gasteiger partial charge in [-0.15, -0.1) is 0 Å². The number of nitrogens with zero attached hydrogens (tertiary/aromatic N) is 4. The Morgan fingerprint density at radius 1 is 0.872 bits per heavy atom. The Bertz CT molecular complexity index is 1450. The summed E-state index contributed by atoms with van der Waals surface area (Å²) in [5.74, 6) is -0.246. The Labute approximate surface area is 239 Å². The van der Waals surface area contributed by atoms with E-state index in [-0.39, 0.29) is 5.91 Å². The Morgan fingerprint density at radius 2 is 1.54 bits per heavy atom. The molecule has 3 aromatic carbocycles. The van der Waals surface area contributed by atoms with Gasteiger partial charge in [-0.3, -0.25) is 9.69 Å². The van der Waals surface area contributed by atoms with Crippen LogP contribution in [0.1, 0.15) is 32.9 Å². The zero-order valence-corrected chi connectivity index (χ0v) is 23.6. The SMILES string of the molecule is Cc1cc(/C=N\NC(=O)c2ccc(CN3CCN(c4ccccc4)CC3)cc2)c(C)n1-c1cc(Cl)cc(Cl)c1. The van der Waals surface area contributed by atoms with Crippen LogP contribution in [0.25, 0.3) is 5.69 Å². The molecule has 0 atom stereocenters. The highest BCUT2D eigenvalue weighted by molar-refractivity contribution is 6.34. The number of hydrogen-bond donors (Lipinski definition) is 1. The summed E-state index contributed by atoms with van der Waals surface area (Å²) in [7, 11) is 0. The first kappa shape index (κ1) is 27.0. The van der Waals surface area contributed by atoms with E-state index in [9.17, 15) is 4.79 Å². The number of carbonyl (C=O) groups excluding carboxylic acids is 1. The lowest BCUT2D eigenvalue weighted by molar-refractivity contribution is 0.0955. The molecule has 1 aliphatic rings. The Balaban J connectivity index is 1.15. The third kappa shape index (κ3) is 6.53. The molecule has 0 radical (unpaired) electrons. The summed E-state index contributed by atoms with van der Waals surface area (Å²) in [4.78, 5) is 17.6. The molecule has 0 saturated carbocycles. The predicted molar refractivity (Wildman–Crippen MR) is 161 cm³/mol. The highest BCUT2D eigenvalue weighted by Crippen LogP contribution is 2.26. The largest absolute Gasteiger partial charge is 0.369 e. The molecule has 200 valence electrons. The van der Waals surface area contributed by atoms with Crippen LogP contribution in [-0.2, 0) is 6.54 Å². The number of aryl methyl sites for hydroxylation is 1. The van der Waals surface area contributed by atoms with Crippen molar-refractivity contribution in [2.45, 2.75) is 20.4 Å². The number of carbonyl (C=O) groups is 1. The molecule has 2 heterocycles. The molecule has 6 nitrogen and oxygen atoms in total. The molecule has 1 N–H and O–H groups in total. The molecule has 1 fully saturated rings. The van der Waals surface area contributed by atoms with Gasteiger partial charge in [0.15, 0.2) is 0 Å². The Hall–Kier alpha value is -3.58. The van der Waals surface area contributed by atoms with Gasteiger partial charge in [0.2, 0.25) is 0 Å². The number of para-hydroxylation sites is 1. The van der Waals surface area contributed by atoms with Crippen molar-refractivity contribution < 1.29 is 4.79 Å². The molecule has 1 saturated heterocycles. The summed E-state index contributed by atoms with van der Waals surface area (Å²) in [6.45, 7) is 8.91. The maximum Gasteiger partial charge on any atom is 0.271 e. The van der Waals surface area contributed by atoms with Gasteiger partial charge in [0, 0.05) is 76.7 Å². The predicted octanol–water partition coefficient (Wildman–Crippen LogP) is 6.49. The second kappa shape index (κ2) is 12.1. The lowest BCUT2D eigenvalue weighted by atomic mass is 10.1. The van der Waals surface area contributed by atoms with Gasteiger partial charge in [-0.25, -0.2) is 5.43 Å². The molecule has 0 aliphatic carbocycles. The molecule has 39 heavy (non-hydrogen) atoms. The van der Waals surface area contributed by atoms with Crippen molar-refractivity contribution in [2.75, 3.05) is 31.1 Å². The Kier molecular flexibility index (Phi) is 8.36. The summed E-state index contributed by atoms with van der Waals surface area (Å²) in [6.07, 6.45) is 1.66. The summed E-state index contributed by atoms with van der Waals surface area (Å²) in [5.41, 5.74) is 9.45. The van der Waals surface area contributed by atoms with Gasteiger partial charge in [0.25, 0.3) is 5.91 Å². The Morgan fingerprint density at radius 3 is 2.21 bits per heavy atom. The molecule has 1 amide bonds. The smallest absolute Gasteiger partial charge is 0.271 e. The van der Waals surface area contributed by atoms with Gasteiger partial charge >= 0.3 is 0 Å². The van der Waals surface area contributed by atoms with E-state index in [1.807, 2.05) is 56.3 Å². The molecule has 1 aliphatic heterocycles. The quantitative estimate of drug-likeness (QED) is 0.208. The first-order valence-corrected chi connectivity index (χ1v) is 13.7. The van der Waals surface area contributed by atoms with Crippen LogP contribution >= 0.6 is 23.2 Å². The molecular formula is C31H31Cl2N5O. The molecule has 0 unspecified atom stereocenters. The van der Waals surface area contributed by atoms with Gasteiger partial charge in [-0.2, -0.15) is 5.10 Å². The summed E-state index contributed by atoms with van der Waals surface area (Å²) in [6, 6.07) is 25.8. The molecule has 4 aromatic rings. The molecule has 5 rings (SSSR count). The van der Waals surface area contributed by atoms with E-state index in [1.165, 1.54) is 11.3 Å². The van der Waals surface area contributed by atoms with Crippen molar-refractivity contribution in [1.82, 2.24) is 14.9 Å². The average Bonchev–Trinajstić information content (AvgIpc) is 3.22. The van der Waals surface area contributed by atoms with Crippen molar-refractivity contribution in [1.29, 1.82) is 0 Å². The van der Waals surface area contributed by atoms with E-state index in [2.05, 4.69) is 55.2 Å². The maximum atomic E-state index is 12.7. The van der Waals surface area contributed by atoms with E-state index in [1.54, 1.807) is 12.3 Å². The van der Waals surface area contributed by atoms with Gasteiger partial charge < -0.3 is 9.47 Å². The fraction of sp³-hybridized carbons (Fsp3) is 0.226. The van der Waals surface area contributed by atoms with Crippen LogP contribution in [0.5, 0.6) is 0 Å². The minimum Gasteiger partial charge on any atom is -0.369 e. The van der Waals surface area contributed by atoms with Crippen LogP contribution in [0.15, 0.2) is 84.0 Å². The number of hydrogen-bond acceptors (Lipinski definition) is 4. The van der Waals surface area contributed by atoms with E-state index in [4.69, 9.17) is 23.2 Å². The number of rotatable bonds is 7.